The quantitative estimate of drug-likeness (QED) is 0.407. The molecule has 0 atom stereocenters. The average Bonchev–Trinajstić information content (AvgIpc) is 2.83. The van der Waals surface area contributed by atoms with Gasteiger partial charge >= 0.3 is 0 Å². The highest BCUT2D eigenvalue weighted by Gasteiger charge is 2.08. The van der Waals surface area contributed by atoms with E-state index >= 15 is 0 Å². The molecule has 0 saturated heterocycles. The SMILES string of the molecule is N#Cc1ccc(C(=O)NCC(=O)N/N=C/c2ccccc2OCc2ccccc2Cl)cc1. The van der Waals surface area contributed by atoms with Crippen LogP contribution in [0.4, 0.5) is 0 Å². The van der Waals surface area contributed by atoms with Crippen molar-refractivity contribution in [3.05, 3.63) is 100 Å². The number of benzene rings is 3. The summed E-state index contributed by atoms with van der Waals surface area (Å²) in [4.78, 5) is 24.0. The minimum atomic E-state index is -0.488. The summed E-state index contributed by atoms with van der Waals surface area (Å²) in [6, 6.07) is 22.7. The van der Waals surface area contributed by atoms with Crippen LogP contribution in [0.2, 0.25) is 5.02 Å². The molecule has 2 amide bonds. The molecule has 7 nitrogen and oxygen atoms in total. The van der Waals surface area contributed by atoms with Gasteiger partial charge in [0.2, 0.25) is 0 Å². The number of hydrazone groups is 1. The van der Waals surface area contributed by atoms with E-state index in [9.17, 15) is 9.59 Å². The number of para-hydroxylation sites is 1. The fourth-order valence-corrected chi connectivity index (χ4v) is 2.85. The van der Waals surface area contributed by atoms with Crippen molar-refractivity contribution in [2.45, 2.75) is 6.61 Å². The van der Waals surface area contributed by atoms with Crippen LogP contribution in [0, 0.1) is 11.3 Å². The molecule has 3 rings (SSSR count). The number of halogens is 1. The van der Waals surface area contributed by atoms with Gasteiger partial charge in [0.05, 0.1) is 24.4 Å². The summed E-state index contributed by atoms with van der Waals surface area (Å²) in [5.41, 5.74) is 4.68. The maximum atomic E-state index is 12.1. The Kier molecular flexibility index (Phi) is 7.96. The van der Waals surface area contributed by atoms with E-state index in [0.29, 0.717) is 27.5 Å². The number of hydrogen-bond acceptors (Lipinski definition) is 5. The van der Waals surface area contributed by atoms with Crippen LogP contribution in [0.15, 0.2) is 77.9 Å². The second-order valence-corrected chi connectivity index (χ2v) is 6.99. The predicted molar refractivity (Wildman–Crippen MR) is 121 cm³/mol. The Labute approximate surface area is 190 Å². The number of amides is 2. The molecule has 32 heavy (non-hydrogen) atoms. The maximum Gasteiger partial charge on any atom is 0.259 e. The molecule has 0 unspecified atom stereocenters. The molecule has 0 bridgehead atoms. The molecule has 0 aliphatic rings. The third-order valence-electron chi connectivity index (χ3n) is 4.34. The van der Waals surface area contributed by atoms with Crippen molar-refractivity contribution in [2.75, 3.05) is 6.54 Å². The van der Waals surface area contributed by atoms with E-state index in [-0.39, 0.29) is 13.2 Å². The summed E-state index contributed by atoms with van der Waals surface area (Å²) in [7, 11) is 0. The molecule has 160 valence electrons. The molecule has 0 fully saturated rings. The molecule has 0 aromatic heterocycles. The third-order valence-corrected chi connectivity index (χ3v) is 4.71. The monoisotopic (exact) mass is 446 g/mol. The maximum absolute atomic E-state index is 12.1. The Hall–Kier alpha value is -4.15. The molecule has 0 saturated carbocycles. The van der Waals surface area contributed by atoms with Crippen LogP contribution in [0.25, 0.3) is 0 Å². The van der Waals surface area contributed by atoms with E-state index in [1.54, 1.807) is 18.2 Å². The smallest absolute Gasteiger partial charge is 0.259 e. The van der Waals surface area contributed by atoms with Crippen LogP contribution in [0.5, 0.6) is 5.75 Å². The third kappa shape index (κ3) is 6.42. The largest absolute Gasteiger partial charge is 0.488 e. The highest BCUT2D eigenvalue weighted by Crippen LogP contribution is 2.20. The number of nitriles is 1. The fourth-order valence-electron chi connectivity index (χ4n) is 2.66. The van der Waals surface area contributed by atoms with Gasteiger partial charge in [0.15, 0.2) is 0 Å². The lowest BCUT2D eigenvalue weighted by molar-refractivity contribution is -0.120. The zero-order chi connectivity index (χ0) is 22.8. The molecule has 0 aliphatic carbocycles. The molecule has 0 heterocycles. The van der Waals surface area contributed by atoms with Gasteiger partial charge in [-0.2, -0.15) is 10.4 Å². The highest BCUT2D eigenvalue weighted by atomic mass is 35.5. The second kappa shape index (κ2) is 11.3. The van der Waals surface area contributed by atoms with Gasteiger partial charge in [-0.15, -0.1) is 0 Å². The first-order valence-electron chi connectivity index (χ1n) is 9.62. The first-order valence-corrected chi connectivity index (χ1v) is 10.00. The molecule has 0 aliphatic heterocycles. The van der Waals surface area contributed by atoms with Gasteiger partial charge in [0, 0.05) is 21.7 Å². The van der Waals surface area contributed by atoms with E-state index in [2.05, 4.69) is 15.8 Å². The van der Waals surface area contributed by atoms with Gasteiger partial charge < -0.3 is 10.1 Å². The van der Waals surface area contributed by atoms with Gasteiger partial charge in [-0.25, -0.2) is 5.43 Å². The standard InChI is InChI=1S/C24H19ClN4O3/c25-21-7-3-1-6-20(21)16-32-22-8-4-2-5-19(22)14-28-29-23(30)15-27-24(31)18-11-9-17(13-26)10-12-18/h1-12,14H,15-16H2,(H,27,31)(H,29,30)/b28-14+. The molecule has 2 N–H and O–H groups in total. The summed E-state index contributed by atoms with van der Waals surface area (Å²) in [5, 5.41) is 15.8. The Balaban J connectivity index is 1.51. The normalized spacial score (nSPS) is 10.4. The van der Waals surface area contributed by atoms with Crippen molar-refractivity contribution >= 4 is 29.6 Å². The van der Waals surface area contributed by atoms with Crippen LogP contribution in [0.1, 0.15) is 27.0 Å². The van der Waals surface area contributed by atoms with Crippen LogP contribution in [-0.2, 0) is 11.4 Å². The summed E-state index contributed by atoms with van der Waals surface area (Å²) >= 11 is 6.16. The number of hydrogen-bond donors (Lipinski definition) is 2. The van der Waals surface area contributed by atoms with Gasteiger partial charge in [0.1, 0.15) is 12.4 Å². The van der Waals surface area contributed by atoms with Crippen LogP contribution in [-0.4, -0.2) is 24.6 Å². The van der Waals surface area contributed by atoms with Crippen molar-refractivity contribution in [1.29, 1.82) is 5.26 Å². The first kappa shape index (κ1) is 22.5. The van der Waals surface area contributed by atoms with E-state index in [1.165, 1.54) is 30.5 Å². The van der Waals surface area contributed by atoms with Gasteiger partial charge in [0.25, 0.3) is 11.8 Å². The Morgan fingerprint density at radius 2 is 1.75 bits per heavy atom. The van der Waals surface area contributed by atoms with Gasteiger partial charge in [-0.1, -0.05) is 41.9 Å². The lowest BCUT2D eigenvalue weighted by Crippen LogP contribution is -2.34. The van der Waals surface area contributed by atoms with Crippen molar-refractivity contribution in [3.8, 4) is 11.8 Å². The number of rotatable bonds is 8. The zero-order valence-electron chi connectivity index (χ0n) is 16.9. The van der Waals surface area contributed by atoms with E-state index in [4.69, 9.17) is 21.6 Å². The number of nitrogens with one attached hydrogen (secondary N) is 2. The minimum Gasteiger partial charge on any atom is -0.488 e. The zero-order valence-corrected chi connectivity index (χ0v) is 17.7. The van der Waals surface area contributed by atoms with E-state index in [1.807, 2.05) is 36.4 Å². The predicted octanol–water partition coefficient (Wildman–Crippen LogP) is 3.67. The summed E-state index contributed by atoms with van der Waals surface area (Å²) in [6.45, 7) is 0.0408. The Morgan fingerprint density at radius 3 is 2.50 bits per heavy atom. The molecular weight excluding hydrogens is 428 g/mol. The van der Waals surface area contributed by atoms with Crippen molar-refractivity contribution in [2.24, 2.45) is 5.10 Å². The van der Waals surface area contributed by atoms with E-state index in [0.717, 1.165) is 5.56 Å². The molecule has 3 aromatic carbocycles. The van der Waals surface area contributed by atoms with Crippen molar-refractivity contribution in [3.63, 3.8) is 0 Å². The number of ether oxygens (including phenoxy) is 1. The van der Waals surface area contributed by atoms with Crippen LogP contribution in [0.3, 0.4) is 0 Å². The molecule has 0 spiro atoms. The molecule has 3 aromatic rings. The highest BCUT2D eigenvalue weighted by molar-refractivity contribution is 6.31. The summed E-state index contributed by atoms with van der Waals surface area (Å²) < 4.78 is 5.84. The van der Waals surface area contributed by atoms with Crippen LogP contribution >= 0.6 is 11.6 Å². The van der Waals surface area contributed by atoms with Crippen molar-refractivity contribution < 1.29 is 14.3 Å². The first-order chi connectivity index (χ1) is 15.6. The Bertz CT molecular complexity index is 1170. The fraction of sp³-hybridized carbons (Fsp3) is 0.0833. The lowest BCUT2D eigenvalue weighted by Gasteiger charge is -2.10. The summed E-state index contributed by atoms with van der Waals surface area (Å²) in [6.07, 6.45) is 1.46. The lowest BCUT2D eigenvalue weighted by atomic mass is 10.1. The second-order valence-electron chi connectivity index (χ2n) is 6.58. The van der Waals surface area contributed by atoms with E-state index < -0.39 is 11.8 Å². The van der Waals surface area contributed by atoms with Crippen LogP contribution < -0.4 is 15.5 Å². The summed E-state index contributed by atoms with van der Waals surface area (Å²) in [5.74, 6) is -0.329. The average molecular weight is 447 g/mol. The van der Waals surface area contributed by atoms with Crippen molar-refractivity contribution in [1.82, 2.24) is 10.7 Å². The Morgan fingerprint density at radius 1 is 1.03 bits per heavy atom. The number of carbonyl (C=O) groups is 2. The number of nitrogens with zero attached hydrogens (tertiary/aromatic N) is 2. The number of carbonyl (C=O) groups excluding carboxylic acids is 2. The minimum absolute atomic E-state index is 0.249. The topological polar surface area (TPSA) is 104 Å². The van der Waals surface area contributed by atoms with Gasteiger partial charge in [-0.3, -0.25) is 9.59 Å². The van der Waals surface area contributed by atoms with Gasteiger partial charge in [-0.05, 0) is 42.5 Å². The molecule has 8 heteroatoms. The molecular formula is C24H19ClN4O3. The molecule has 0 radical (unpaired) electrons.